The van der Waals surface area contributed by atoms with Crippen molar-refractivity contribution in [3.05, 3.63) is 0 Å². The molecule has 0 saturated heterocycles. The predicted octanol–water partition coefficient (Wildman–Crippen LogP) is -1.70. The number of hydrogen-bond donors (Lipinski definition) is 2. The lowest BCUT2D eigenvalue weighted by molar-refractivity contribution is 0.881. The summed E-state index contributed by atoms with van der Waals surface area (Å²) in [7, 11) is 0. The van der Waals surface area contributed by atoms with Crippen LogP contribution in [0.2, 0.25) is 0 Å². The van der Waals surface area contributed by atoms with Gasteiger partial charge in [0.25, 0.3) is 0 Å². The van der Waals surface area contributed by atoms with Crippen molar-refractivity contribution in [2.45, 2.75) is 0 Å². The molecule has 0 atom stereocenters. The Morgan fingerprint density at radius 2 is 2.29 bits per heavy atom. The van der Waals surface area contributed by atoms with Crippen LogP contribution in [0.1, 0.15) is 0 Å². The van der Waals surface area contributed by atoms with E-state index in [4.69, 9.17) is 5.73 Å². The van der Waals surface area contributed by atoms with E-state index in [0.717, 1.165) is 0 Å². The van der Waals surface area contributed by atoms with Gasteiger partial charge in [0, 0.05) is 6.15 Å². The maximum Gasteiger partial charge on any atom is 0.237 e. The summed E-state index contributed by atoms with van der Waals surface area (Å²) in [5.74, 6) is 0.245. The normalized spacial score (nSPS) is 7.43. The molecule has 37 valence electrons. The summed E-state index contributed by atoms with van der Waals surface area (Å²) in [5.41, 5.74) is 4.99. The molecular weight excluding hydrogens is 96.1 g/mol. The number of hydrogen-bond acceptors (Lipinski definition) is 4. The van der Waals surface area contributed by atoms with Crippen molar-refractivity contribution in [2.75, 3.05) is 5.73 Å². The van der Waals surface area contributed by atoms with Gasteiger partial charge in [0.05, 0.1) is 0 Å². The molecule has 1 heterocycles. The molecule has 0 spiro atoms. The highest BCUT2D eigenvalue weighted by Crippen LogP contribution is 1.72. The number of rotatable bonds is 0. The van der Waals surface area contributed by atoms with Crippen molar-refractivity contribution in [3.63, 3.8) is 0 Å². The molecule has 7 heavy (non-hydrogen) atoms. The van der Waals surface area contributed by atoms with Gasteiger partial charge in [0.15, 0.2) is 0 Å². The summed E-state index contributed by atoms with van der Waals surface area (Å²) < 4.78 is 0. The van der Waals surface area contributed by atoms with Crippen molar-refractivity contribution in [2.24, 2.45) is 0 Å². The van der Waals surface area contributed by atoms with Gasteiger partial charge in [-0.05, 0) is 10.4 Å². The van der Waals surface area contributed by atoms with Crippen LogP contribution in [-0.2, 0) is 0 Å². The highest BCUT2D eigenvalue weighted by molar-refractivity contribution is 5.05. The number of anilines is 1. The summed E-state index contributed by atoms with van der Waals surface area (Å²) in [4.78, 5) is 0. The van der Waals surface area contributed by atoms with Gasteiger partial charge in [-0.1, -0.05) is 5.10 Å². The maximum atomic E-state index is 4.99. The average Bonchev–Trinajstić information content (AvgIpc) is 1.86. The van der Waals surface area contributed by atoms with Crippen LogP contribution in [0, 0.1) is 0 Å². The average molecular weight is 99.1 g/mol. The van der Waals surface area contributed by atoms with Gasteiger partial charge < -0.3 is 5.73 Å². The van der Waals surface area contributed by atoms with Crippen molar-refractivity contribution in [1.29, 1.82) is 0 Å². The van der Waals surface area contributed by atoms with Crippen LogP contribution in [-0.4, -0.2) is 20.6 Å². The first-order chi connectivity index (χ1) is 2.89. The molecule has 0 aliphatic rings. The standard InChI is InChI=1S/CH3N5.N/c2-1-3-5-6-4-1;/h(H3,2,3,4,5,6);. The third-order valence-electron chi connectivity index (χ3n) is 0.362. The van der Waals surface area contributed by atoms with Gasteiger partial charge in [-0.25, -0.2) is 5.10 Å². The second-order valence-electron chi connectivity index (χ2n) is 0.786. The Morgan fingerprint density at radius 3 is 2.43 bits per heavy atom. The number of tetrazole rings is 1. The maximum absolute atomic E-state index is 4.99. The lowest BCUT2D eigenvalue weighted by Gasteiger charge is -1.65. The predicted molar refractivity (Wildman–Crippen MR) is 20.7 cm³/mol. The molecule has 1 rings (SSSR count). The largest absolute Gasteiger partial charge is 0.367 e. The zero-order valence-corrected chi connectivity index (χ0v) is 3.37. The highest BCUT2D eigenvalue weighted by atomic mass is 15.5. The Bertz CT molecular complexity index is 108. The fourth-order valence-corrected chi connectivity index (χ4v) is 0.166. The van der Waals surface area contributed by atoms with Gasteiger partial charge in [0.2, 0.25) is 5.95 Å². The van der Waals surface area contributed by atoms with E-state index in [0.29, 0.717) is 0 Å². The molecule has 3 radical (unpaired) electrons. The monoisotopic (exact) mass is 99.0 g/mol. The van der Waals surface area contributed by atoms with Crippen LogP contribution in [0.5, 0.6) is 0 Å². The van der Waals surface area contributed by atoms with Crippen molar-refractivity contribution in [1.82, 2.24) is 26.8 Å². The van der Waals surface area contributed by atoms with E-state index in [2.05, 4.69) is 20.6 Å². The molecule has 0 fully saturated rings. The summed E-state index contributed by atoms with van der Waals surface area (Å²) in [5, 5.41) is 11.9. The zero-order chi connectivity index (χ0) is 4.41. The third kappa shape index (κ3) is 1.14. The van der Waals surface area contributed by atoms with Gasteiger partial charge >= 0.3 is 0 Å². The van der Waals surface area contributed by atoms with E-state index in [1.807, 2.05) is 0 Å². The van der Waals surface area contributed by atoms with E-state index in [1.165, 1.54) is 0 Å². The Balaban J connectivity index is 0.000000360. The topological polar surface area (TPSA) is 111 Å². The molecule has 6 heteroatoms. The fraction of sp³-hybridized carbons (Fsp3) is 0. The Kier molecular flexibility index (Phi) is 1.74. The molecule has 0 aliphatic carbocycles. The molecule has 3 N–H and O–H groups in total. The SMILES string of the molecule is Nc1nnn[nH]1.[N]. The van der Waals surface area contributed by atoms with Crippen LogP contribution in [0.25, 0.3) is 0 Å². The van der Waals surface area contributed by atoms with E-state index >= 15 is 0 Å². The second kappa shape index (κ2) is 2.08. The minimum atomic E-state index is 0. The molecule has 0 unspecified atom stereocenters. The first-order valence-corrected chi connectivity index (χ1v) is 1.39. The first kappa shape index (κ1) is 5.83. The van der Waals surface area contributed by atoms with Crippen molar-refractivity contribution in [3.8, 4) is 0 Å². The van der Waals surface area contributed by atoms with Crippen molar-refractivity contribution >= 4 is 5.95 Å². The number of nitrogens with two attached hydrogens (primary N) is 1. The molecule has 0 aromatic carbocycles. The molecule has 0 bridgehead atoms. The van der Waals surface area contributed by atoms with Gasteiger partial charge in [-0.15, -0.1) is 0 Å². The lowest BCUT2D eigenvalue weighted by Crippen LogP contribution is -1.84. The molecule has 6 nitrogen and oxygen atoms in total. The fourth-order valence-electron chi connectivity index (χ4n) is 0.166. The van der Waals surface area contributed by atoms with Crippen LogP contribution in [0.15, 0.2) is 0 Å². The quantitative estimate of drug-likeness (QED) is 0.403. The van der Waals surface area contributed by atoms with Crippen LogP contribution < -0.4 is 11.9 Å². The number of nitrogens with one attached hydrogen (secondary N) is 1. The Hall–Kier alpha value is -1.17. The van der Waals surface area contributed by atoms with Crippen molar-refractivity contribution < 1.29 is 0 Å². The molecule has 1 aromatic heterocycles. The summed E-state index contributed by atoms with van der Waals surface area (Å²) in [6, 6.07) is 0. The van der Waals surface area contributed by atoms with Crippen LogP contribution in [0.4, 0.5) is 5.95 Å². The van der Waals surface area contributed by atoms with Crippen LogP contribution in [0.3, 0.4) is 0 Å². The molecular formula is CH3N6. The summed E-state index contributed by atoms with van der Waals surface area (Å²) >= 11 is 0. The Labute approximate surface area is 39.7 Å². The molecule has 1 aromatic rings. The van der Waals surface area contributed by atoms with E-state index < -0.39 is 0 Å². The number of aromatic amines is 1. The smallest absolute Gasteiger partial charge is 0.237 e. The minimum Gasteiger partial charge on any atom is -0.367 e. The van der Waals surface area contributed by atoms with E-state index in [9.17, 15) is 0 Å². The summed E-state index contributed by atoms with van der Waals surface area (Å²) in [6.45, 7) is 0. The molecule has 0 aliphatic heterocycles. The highest BCUT2D eigenvalue weighted by Gasteiger charge is 1.77. The van der Waals surface area contributed by atoms with Gasteiger partial charge in [0.1, 0.15) is 0 Å². The molecule has 0 amide bonds. The molecule has 0 saturated carbocycles. The third-order valence-corrected chi connectivity index (χ3v) is 0.362. The number of nitrogens with zero attached hydrogens (tertiary/aromatic N) is 4. The summed E-state index contributed by atoms with van der Waals surface area (Å²) in [6.07, 6.45) is 0. The van der Waals surface area contributed by atoms with Gasteiger partial charge in [-0.2, -0.15) is 0 Å². The van der Waals surface area contributed by atoms with Gasteiger partial charge in [-0.3, -0.25) is 0 Å². The first-order valence-electron chi connectivity index (χ1n) is 1.39. The number of aromatic nitrogens is 4. The van der Waals surface area contributed by atoms with E-state index in [1.54, 1.807) is 0 Å². The number of H-pyrrole nitrogens is 1. The Morgan fingerprint density at radius 1 is 1.57 bits per heavy atom. The minimum absolute atomic E-state index is 0. The number of nitrogen functional groups attached to an aromatic ring is 1. The zero-order valence-electron chi connectivity index (χ0n) is 3.37. The van der Waals surface area contributed by atoms with Crippen LogP contribution >= 0.6 is 0 Å². The second-order valence-corrected chi connectivity index (χ2v) is 0.786. The lowest BCUT2D eigenvalue weighted by atomic mass is 11.2. The van der Waals surface area contributed by atoms with E-state index in [-0.39, 0.29) is 12.1 Å².